The van der Waals surface area contributed by atoms with Crippen LogP contribution in [0.25, 0.3) is 0 Å². The number of benzene rings is 3. The van der Waals surface area contributed by atoms with Crippen LogP contribution in [0.5, 0.6) is 0 Å². The van der Waals surface area contributed by atoms with Crippen molar-refractivity contribution < 1.29 is 13.2 Å². The maximum atomic E-state index is 12.8. The molecule has 2 nitrogen and oxygen atoms in total. The van der Waals surface area contributed by atoms with Crippen LogP contribution < -0.4 is 0 Å². The summed E-state index contributed by atoms with van der Waals surface area (Å²) in [6, 6.07) is 24.1. The summed E-state index contributed by atoms with van der Waals surface area (Å²) in [6.45, 7) is 2.08. The van der Waals surface area contributed by atoms with Crippen molar-refractivity contribution in [3.63, 3.8) is 0 Å². The molecule has 0 aromatic heterocycles. The largest absolute Gasteiger partial charge is 0.416 e. The van der Waals surface area contributed by atoms with Crippen molar-refractivity contribution in [3.05, 3.63) is 107 Å². The minimum atomic E-state index is -4.42. The van der Waals surface area contributed by atoms with Gasteiger partial charge in [0.25, 0.3) is 0 Å². The minimum absolute atomic E-state index is 0.115. The van der Waals surface area contributed by atoms with Gasteiger partial charge in [-0.3, -0.25) is 4.99 Å². The first kappa shape index (κ1) is 21.3. The lowest BCUT2D eigenvalue weighted by molar-refractivity contribution is -0.137. The SMILES string of the molecule is CCc1ccc([C@@H](Cc2ccccc2)N=C(C#N)c2ccc(C(F)(F)F)cc2)cc1. The maximum absolute atomic E-state index is 12.8. The molecule has 0 fully saturated rings. The molecule has 0 bridgehead atoms. The van der Waals surface area contributed by atoms with E-state index in [2.05, 4.69) is 18.0 Å². The van der Waals surface area contributed by atoms with Gasteiger partial charge in [0, 0.05) is 5.56 Å². The first-order valence-electron chi connectivity index (χ1n) is 9.69. The Morgan fingerprint density at radius 2 is 1.53 bits per heavy atom. The lowest BCUT2D eigenvalue weighted by Crippen LogP contribution is -2.08. The van der Waals surface area contributed by atoms with Crippen molar-refractivity contribution in [2.24, 2.45) is 4.99 Å². The molecule has 30 heavy (non-hydrogen) atoms. The lowest BCUT2D eigenvalue weighted by Gasteiger charge is -2.15. The summed E-state index contributed by atoms with van der Waals surface area (Å²) in [5, 5.41) is 9.65. The van der Waals surface area contributed by atoms with Gasteiger partial charge in [-0.25, -0.2) is 0 Å². The van der Waals surface area contributed by atoms with Gasteiger partial charge < -0.3 is 0 Å². The van der Waals surface area contributed by atoms with Crippen molar-refractivity contribution >= 4 is 5.71 Å². The number of aryl methyl sites for hydroxylation is 1. The van der Waals surface area contributed by atoms with Gasteiger partial charge >= 0.3 is 6.18 Å². The van der Waals surface area contributed by atoms with Gasteiger partial charge in [0.15, 0.2) is 0 Å². The van der Waals surface area contributed by atoms with Gasteiger partial charge in [-0.2, -0.15) is 18.4 Å². The van der Waals surface area contributed by atoms with Crippen molar-refractivity contribution in [2.45, 2.75) is 32.0 Å². The zero-order chi connectivity index (χ0) is 21.6. The Morgan fingerprint density at radius 1 is 0.900 bits per heavy atom. The van der Waals surface area contributed by atoms with E-state index in [0.717, 1.165) is 29.7 Å². The molecule has 1 atom stereocenters. The van der Waals surface area contributed by atoms with E-state index in [4.69, 9.17) is 0 Å². The predicted octanol–water partition coefficient (Wildman–Crippen LogP) is 6.56. The zero-order valence-electron chi connectivity index (χ0n) is 16.5. The fraction of sp³-hybridized carbons (Fsp3) is 0.200. The van der Waals surface area contributed by atoms with E-state index in [1.807, 2.05) is 54.6 Å². The van der Waals surface area contributed by atoms with Crippen LogP contribution in [0.2, 0.25) is 0 Å². The Kier molecular flexibility index (Phi) is 6.68. The molecule has 0 aliphatic carbocycles. The van der Waals surface area contributed by atoms with E-state index in [0.29, 0.717) is 12.0 Å². The molecule has 0 radical (unpaired) electrons. The topological polar surface area (TPSA) is 36.1 Å². The standard InChI is InChI=1S/C25H21F3N2/c1-2-18-8-10-20(11-9-18)23(16-19-6-4-3-5-7-19)30-24(17-29)21-12-14-22(15-13-21)25(26,27)28/h3-15,23H,2,16H2,1H3/t23-/m1/s1. The molecule has 0 saturated heterocycles. The Labute approximate surface area is 174 Å². The number of alkyl halides is 3. The predicted molar refractivity (Wildman–Crippen MR) is 112 cm³/mol. The Hall–Kier alpha value is -3.39. The third-order valence-electron chi connectivity index (χ3n) is 4.92. The highest BCUT2D eigenvalue weighted by Crippen LogP contribution is 2.30. The third-order valence-corrected chi connectivity index (χ3v) is 4.92. The van der Waals surface area contributed by atoms with E-state index in [1.54, 1.807) is 0 Å². The van der Waals surface area contributed by atoms with Crippen molar-refractivity contribution in [1.29, 1.82) is 5.26 Å². The highest BCUT2D eigenvalue weighted by molar-refractivity contribution is 6.11. The maximum Gasteiger partial charge on any atom is 0.416 e. The highest BCUT2D eigenvalue weighted by atomic mass is 19.4. The molecule has 3 aromatic carbocycles. The number of halogens is 3. The molecule has 3 rings (SSSR count). The average Bonchev–Trinajstić information content (AvgIpc) is 2.77. The van der Waals surface area contributed by atoms with Crippen molar-refractivity contribution in [2.75, 3.05) is 0 Å². The Bertz CT molecular complexity index is 1030. The number of aliphatic imine (C=N–C) groups is 1. The van der Waals surface area contributed by atoms with Gasteiger partial charge in [0.05, 0.1) is 11.6 Å². The molecule has 0 saturated carbocycles. The molecule has 0 aliphatic rings. The number of hydrogen-bond donors (Lipinski definition) is 0. The van der Waals surface area contributed by atoms with Gasteiger partial charge in [-0.05, 0) is 41.7 Å². The second-order valence-electron chi connectivity index (χ2n) is 6.97. The molecule has 0 spiro atoms. The normalized spacial score (nSPS) is 13.0. The number of nitrogens with zero attached hydrogens (tertiary/aromatic N) is 2. The fourth-order valence-corrected chi connectivity index (χ4v) is 3.19. The van der Waals surface area contributed by atoms with Crippen LogP contribution in [0.3, 0.4) is 0 Å². The summed E-state index contributed by atoms with van der Waals surface area (Å²) >= 11 is 0. The highest BCUT2D eigenvalue weighted by Gasteiger charge is 2.30. The van der Waals surface area contributed by atoms with Gasteiger partial charge in [-0.15, -0.1) is 0 Å². The van der Waals surface area contributed by atoms with E-state index in [9.17, 15) is 18.4 Å². The minimum Gasteiger partial charge on any atom is -0.265 e. The number of nitriles is 1. The molecule has 0 aliphatic heterocycles. The van der Waals surface area contributed by atoms with Crippen molar-refractivity contribution in [3.8, 4) is 6.07 Å². The summed E-state index contributed by atoms with van der Waals surface area (Å²) in [4.78, 5) is 4.65. The zero-order valence-corrected chi connectivity index (χ0v) is 16.5. The molecular formula is C25H21F3N2. The molecule has 0 heterocycles. The van der Waals surface area contributed by atoms with Crippen LogP contribution in [-0.2, 0) is 19.0 Å². The van der Waals surface area contributed by atoms with Gasteiger partial charge in [0.1, 0.15) is 11.8 Å². The molecule has 152 valence electrons. The molecule has 5 heteroatoms. The average molecular weight is 406 g/mol. The summed E-state index contributed by atoms with van der Waals surface area (Å²) in [5.41, 5.74) is 2.95. The summed E-state index contributed by atoms with van der Waals surface area (Å²) in [6.07, 6.45) is -2.92. The van der Waals surface area contributed by atoms with E-state index < -0.39 is 11.7 Å². The fourth-order valence-electron chi connectivity index (χ4n) is 3.19. The summed E-state index contributed by atoms with van der Waals surface area (Å²) < 4.78 is 38.5. The molecular weight excluding hydrogens is 385 g/mol. The molecule has 0 N–H and O–H groups in total. The number of rotatable bonds is 6. The smallest absolute Gasteiger partial charge is 0.265 e. The number of hydrogen-bond acceptors (Lipinski definition) is 2. The molecule has 0 amide bonds. The first-order valence-corrected chi connectivity index (χ1v) is 9.69. The summed E-state index contributed by atoms with van der Waals surface area (Å²) in [7, 11) is 0. The van der Waals surface area contributed by atoms with Gasteiger partial charge in [0.2, 0.25) is 0 Å². The van der Waals surface area contributed by atoms with Crippen LogP contribution in [0.15, 0.2) is 83.9 Å². The van der Waals surface area contributed by atoms with E-state index in [-0.39, 0.29) is 11.8 Å². The first-order chi connectivity index (χ1) is 14.4. The van der Waals surface area contributed by atoms with E-state index >= 15 is 0 Å². The van der Waals surface area contributed by atoms with Crippen LogP contribution in [0, 0.1) is 11.3 Å². The molecule has 0 unspecified atom stereocenters. The van der Waals surface area contributed by atoms with Crippen LogP contribution in [-0.4, -0.2) is 5.71 Å². The lowest BCUT2D eigenvalue weighted by atomic mass is 9.97. The second kappa shape index (κ2) is 9.41. The van der Waals surface area contributed by atoms with Gasteiger partial charge in [-0.1, -0.05) is 73.7 Å². The molecule has 3 aromatic rings. The van der Waals surface area contributed by atoms with Crippen LogP contribution in [0.4, 0.5) is 13.2 Å². The monoisotopic (exact) mass is 406 g/mol. The third kappa shape index (κ3) is 5.36. The van der Waals surface area contributed by atoms with Crippen LogP contribution >= 0.6 is 0 Å². The Balaban J connectivity index is 1.98. The summed E-state index contributed by atoms with van der Waals surface area (Å²) in [5.74, 6) is 0. The Morgan fingerprint density at radius 3 is 2.07 bits per heavy atom. The van der Waals surface area contributed by atoms with Crippen LogP contribution in [0.1, 0.15) is 40.8 Å². The quantitative estimate of drug-likeness (QED) is 0.427. The second-order valence-corrected chi connectivity index (χ2v) is 6.97. The van der Waals surface area contributed by atoms with E-state index in [1.165, 1.54) is 17.7 Å². The van der Waals surface area contributed by atoms with Crippen molar-refractivity contribution in [1.82, 2.24) is 0 Å².